The predicted molar refractivity (Wildman–Crippen MR) is 115 cm³/mol. The second-order valence-electron chi connectivity index (χ2n) is 7.39. The largest absolute Gasteiger partial charge is 0.465 e. The van der Waals surface area contributed by atoms with E-state index in [0.29, 0.717) is 27.8 Å². The molecule has 0 atom stereocenters. The molecule has 1 aliphatic rings. The highest BCUT2D eigenvalue weighted by Crippen LogP contribution is 2.45. The molecule has 5 rings (SSSR count). The minimum absolute atomic E-state index is 0.210. The van der Waals surface area contributed by atoms with Crippen LogP contribution >= 0.6 is 11.6 Å². The number of hydrogen-bond acceptors (Lipinski definition) is 4. The molecule has 0 aliphatic heterocycles. The van der Waals surface area contributed by atoms with E-state index in [0.717, 1.165) is 35.2 Å². The van der Waals surface area contributed by atoms with Crippen molar-refractivity contribution in [2.24, 2.45) is 0 Å². The number of carbonyl (C=O) groups excluding carboxylic acids is 1. The summed E-state index contributed by atoms with van der Waals surface area (Å²) in [6.45, 7) is 0. The number of nitrogens with zero attached hydrogens (tertiary/aromatic N) is 2. The summed E-state index contributed by atoms with van der Waals surface area (Å²) in [4.78, 5) is 27.9. The van der Waals surface area contributed by atoms with Crippen molar-refractivity contribution < 1.29 is 9.53 Å². The second-order valence-corrected chi connectivity index (χ2v) is 7.83. The summed E-state index contributed by atoms with van der Waals surface area (Å²) < 4.78 is 6.18. The molecule has 6 nitrogen and oxygen atoms in total. The van der Waals surface area contributed by atoms with Crippen LogP contribution in [0.1, 0.15) is 34.8 Å². The number of aromatic amines is 1. The molecule has 0 bridgehead atoms. The van der Waals surface area contributed by atoms with Crippen LogP contribution in [-0.4, -0.2) is 27.7 Å². The van der Waals surface area contributed by atoms with Gasteiger partial charge in [-0.25, -0.2) is 4.79 Å². The van der Waals surface area contributed by atoms with Gasteiger partial charge < -0.3 is 9.72 Å². The van der Waals surface area contributed by atoms with E-state index in [-0.39, 0.29) is 5.56 Å². The van der Waals surface area contributed by atoms with E-state index in [2.05, 4.69) is 10.1 Å². The second kappa shape index (κ2) is 7.15. The van der Waals surface area contributed by atoms with Crippen LogP contribution in [0, 0.1) is 0 Å². The van der Waals surface area contributed by atoms with E-state index in [9.17, 15) is 9.59 Å². The fraction of sp³-hybridized carbons (Fsp3) is 0.174. The van der Waals surface area contributed by atoms with Gasteiger partial charge in [0.15, 0.2) is 0 Å². The summed E-state index contributed by atoms with van der Waals surface area (Å²) >= 11 is 6.07. The lowest BCUT2D eigenvalue weighted by atomic mass is 10.0. The third-order valence-corrected chi connectivity index (χ3v) is 5.61. The van der Waals surface area contributed by atoms with Crippen LogP contribution in [0.15, 0.2) is 59.4 Å². The van der Waals surface area contributed by atoms with E-state index in [1.165, 1.54) is 17.7 Å². The van der Waals surface area contributed by atoms with Crippen molar-refractivity contribution in [2.45, 2.75) is 18.8 Å². The van der Waals surface area contributed by atoms with Gasteiger partial charge in [-0.05, 0) is 48.2 Å². The van der Waals surface area contributed by atoms with Crippen molar-refractivity contribution in [3.05, 3.63) is 81.2 Å². The number of nitrogens with one attached hydrogen (secondary N) is 1. The number of hydrogen-bond donors (Lipinski definition) is 1. The van der Waals surface area contributed by atoms with Gasteiger partial charge in [0.1, 0.15) is 5.65 Å². The van der Waals surface area contributed by atoms with Crippen molar-refractivity contribution >= 4 is 23.2 Å². The van der Waals surface area contributed by atoms with E-state index in [4.69, 9.17) is 16.3 Å². The summed E-state index contributed by atoms with van der Waals surface area (Å²) in [7, 11) is 1.34. The third-order valence-electron chi connectivity index (χ3n) is 5.36. The molecule has 0 spiro atoms. The van der Waals surface area contributed by atoms with Gasteiger partial charge in [0, 0.05) is 22.6 Å². The Bertz CT molecular complexity index is 1320. The molecular formula is C23H18ClN3O3. The zero-order valence-corrected chi connectivity index (χ0v) is 16.9. The maximum atomic E-state index is 12.9. The van der Waals surface area contributed by atoms with Gasteiger partial charge in [0.2, 0.25) is 0 Å². The van der Waals surface area contributed by atoms with Gasteiger partial charge in [0.05, 0.1) is 24.1 Å². The number of benzene rings is 2. The number of H-pyrrole nitrogens is 1. The van der Waals surface area contributed by atoms with Gasteiger partial charge >= 0.3 is 5.97 Å². The number of methoxy groups -OCH3 is 1. The van der Waals surface area contributed by atoms with E-state index in [1.807, 2.05) is 24.3 Å². The van der Waals surface area contributed by atoms with Crippen LogP contribution < -0.4 is 5.56 Å². The molecule has 150 valence electrons. The average molecular weight is 420 g/mol. The topological polar surface area (TPSA) is 76.5 Å². The van der Waals surface area contributed by atoms with Crippen LogP contribution in [0.25, 0.3) is 28.0 Å². The van der Waals surface area contributed by atoms with Gasteiger partial charge in [-0.15, -0.1) is 0 Å². The minimum atomic E-state index is -0.402. The average Bonchev–Trinajstić information content (AvgIpc) is 3.54. The molecule has 30 heavy (non-hydrogen) atoms. The quantitative estimate of drug-likeness (QED) is 0.487. The molecule has 1 saturated carbocycles. The summed E-state index contributed by atoms with van der Waals surface area (Å²) in [5, 5.41) is 5.29. The first-order chi connectivity index (χ1) is 14.5. The lowest BCUT2D eigenvalue weighted by Gasteiger charge is -2.07. The molecule has 2 heterocycles. The first kappa shape index (κ1) is 18.6. The molecule has 2 aromatic heterocycles. The number of carbonyl (C=O) groups is 1. The van der Waals surface area contributed by atoms with Crippen LogP contribution in [0.3, 0.4) is 0 Å². The van der Waals surface area contributed by atoms with Crippen LogP contribution in [-0.2, 0) is 4.74 Å². The van der Waals surface area contributed by atoms with Crippen molar-refractivity contribution in [1.82, 2.24) is 14.6 Å². The van der Waals surface area contributed by atoms with Gasteiger partial charge in [-0.1, -0.05) is 35.9 Å². The number of esters is 1. The maximum absolute atomic E-state index is 12.9. The number of ether oxygens (including phenoxy) is 1. The first-order valence-corrected chi connectivity index (χ1v) is 10.0. The Morgan fingerprint density at radius 2 is 1.77 bits per heavy atom. The molecule has 7 heteroatoms. The third kappa shape index (κ3) is 3.19. The molecule has 0 saturated heterocycles. The highest BCUT2D eigenvalue weighted by atomic mass is 35.5. The maximum Gasteiger partial charge on any atom is 0.337 e. The molecule has 0 unspecified atom stereocenters. The lowest BCUT2D eigenvalue weighted by Crippen LogP contribution is -2.14. The molecule has 4 aromatic rings. The molecule has 1 fully saturated rings. The standard InChI is InChI=1S/C23H18ClN3O3/c1-30-23(29)16-6-2-13(3-7-16)18-12-19(28)27-22(25-18)20(21(26-27)15-4-5-15)14-8-10-17(24)11-9-14/h2-3,6-12,15,25H,4-5H2,1H3. The molecular weight excluding hydrogens is 402 g/mol. The Labute approximate surface area is 177 Å². The van der Waals surface area contributed by atoms with Gasteiger partial charge in [-0.2, -0.15) is 9.61 Å². The van der Waals surface area contributed by atoms with Crippen LogP contribution in [0.4, 0.5) is 0 Å². The van der Waals surface area contributed by atoms with E-state index < -0.39 is 5.97 Å². The Morgan fingerprint density at radius 3 is 2.40 bits per heavy atom. The van der Waals surface area contributed by atoms with Gasteiger partial charge in [0.25, 0.3) is 5.56 Å². The number of rotatable bonds is 4. The van der Waals surface area contributed by atoms with Crippen LogP contribution in [0.2, 0.25) is 5.02 Å². The summed E-state index contributed by atoms with van der Waals surface area (Å²) in [5.41, 5.74) is 5.16. The molecule has 1 aliphatic carbocycles. The molecule has 0 amide bonds. The number of fused-ring (bicyclic) bond motifs is 1. The zero-order valence-electron chi connectivity index (χ0n) is 16.2. The fourth-order valence-electron chi connectivity index (χ4n) is 3.66. The van der Waals surface area contributed by atoms with Crippen molar-refractivity contribution in [3.8, 4) is 22.4 Å². The Kier molecular flexibility index (Phi) is 4.44. The minimum Gasteiger partial charge on any atom is -0.465 e. The van der Waals surface area contributed by atoms with Gasteiger partial charge in [-0.3, -0.25) is 4.79 Å². The zero-order chi connectivity index (χ0) is 20.8. The van der Waals surface area contributed by atoms with Crippen molar-refractivity contribution in [3.63, 3.8) is 0 Å². The smallest absolute Gasteiger partial charge is 0.337 e. The first-order valence-electron chi connectivity index (χ1n) is 9.66. The normalized spacial score (nSPS) is 13.5. The fourth-order valence-corrected chi connectivity index (χ4v) is 3.79. The van der Waals surface area contributed by atoms with E-state index in [1.54, 1.807) is 24.3 Å². The Hall–Kier alpha value is -3.38. The summed E-state index contributed by atoms with van der Waals surface area (Å²) in [6.07, 6.45) is 2.14. The highest BCUT2D eigenvalue weighted by Gasteiger charge is 2.31. The molecule has 0 radical (unpaired) electrons. The summed E-state index contributed by atoms with van der Waals surface area (Å²) in [5.74, 6) is -0.0356. The Morgan fingerprint density at radius 1 is 1.10 bits per heavy atom. The number of aromatic nitrogens is 3. The summed E-state index contributed by atoms with van der Waals surface area (Å²) in [6, 6.07) is 16.0. The van der Waals surface area contributed by atoms with Crippen molar-refractivity contribution in [1.29, 1.82) is 0 Å². The van der Waals surface area contributed by atoms with Crippen LogP contribution in [0.5, 0.6) is 0 Å². The van der Waals surface area contributed by atoms with E-state index >= 15 is 0 Å². The van der Waals surface area contributed by atoms with Crippen molar-refractivity contribution in [2.75, 3.05) is 7.11 Å². The SMILES string of the molecule is COC(=O)c1ccc(-c2cc(=O)n3nc(C4CC4)c(-c4ccc(Cl)cc4)c3[nH]2)cc1. The Balaban J connectivity index is 1.69. The number of halogens is 1. The molecule has 2 aromatic carbocycles. The molecule has 1 N–H and O–H groups in total. The monoisotopic (exact) mass is 419 g/mol. The highest BCUT2D eigenvalue weighted by molar-refractivity contribution is 6.30. The predicted octanol–water partition coefficient (Wildman–Crippen LogP) is 4.67. The lowest BCUT2D eigenvalue weighted by molar-refractivity contribution is 0.0601.